The predicted octanol–water partition coefficient (Wildman–Crippen LogP) is 1.65. The number of carbonyl (C=O) groups is 3. The molecule has 1 aromatic heterocycles. The minimum Gasteiger partial charge on any atom is -0.465 e. The number of hydrogen-bond donors (Lipinski definition) is 1. The van der Waals surface area contributed by atoms with Crippen LogP contribution in [0.15, 0.2) is 49.6 Å². The molecule has 1 aromatic carbocycles. The fourth-order valence-electron chi connectivity index (χ4n) is 6.23. The van der Waals surface area contributed by atoms with Gasteiger partial charge in [0, 0.05) is 24.5 Å². The molecule has 0 aliphatic carbocycles. The molecule has 3 unspecified atom stereocenters. The molecule has 1 spiro atoms. The topological polar surface area (TPSA) is 127 Å². The van der Waals surface area contributed by atoms with Crippen molar-refractivity contribution in [3.63, 3.8) is 0 Å². The van der Waals surface area contributed by atoms with Crippen LogP contribution >= 0.6 is 15.9 Å². The van der Waals surface area contributed by atoms with Crippen LogP contribution in [0.4, 0.5) is 0 Å². The summed E-state index contributed by atoms with van der Waals surface area (Å²) in [5.74, 6) is -2.90. The number of para-hydroxylation sites is 1. The Morgan fingerprint density at radius 3 is 2.85 bits per heavy atom. The molecule has 3 fully saturated rings. The fourth-order valence-corrected chi connectivity index (χ4v) is 7.17. The number of nitrogens with zero attached hydrogens (tertiary/aromatic N) is 5. The Bertz CT molecular complexity index is 1280. The summed E-state index contributed by atoms with van der Waals surface area (Å²) in [4.78, 5) is 44.3. The Balaban J connectivity index is 1.50. The van der Waals surface area contributed by atoms with Gasteiger partial charge in [0.05, 0.1) is 30.1 Å². The van der Waals surface area contributed by atoms with Crippen molar-refractivity contribution in [3.8, 4) is 0 Å². The molecule has 1 N–H and O–H groups in total. The zero-order valence-electron chi connectivity index (χ0n) is 21.5. The summed E-state index contributed by atoms with van der Waals surface area (Å²) in [5.41, 5.74) is 0.241. The number of benzene rings is 1. The van der Waals surface area contributed by atoms with E-state index in [2.05, 4.69) is 39.4 Å². The van der Waals surface area contributed by atoms with Crippen LogP contribution < -0.4 is 0 Å². The van der Waals surface area contributed by atoms with Crippen LogP contribution in [-0.4, -0.2) is 96.6 Å². The summed E-state index contributed by atoms with van der Waals surface area (Å²) < 4.78 is 13.6. The van der Waals surface area contributed by atoms with Gasteiger partial charge in [0.2, 0.25) is 11.8 Å². The smallest absolute Gasteiger partial charge is 0.312 e. The van der Waals surface area contributed by atoms with E-state index >= 15 is 0 Å². The molecule has 208 valence electrons. The fraction of sp³-hybridized carbons (Fsp3) is 0.519. The van der Waals surface area contributed by atoms with Crippen LogP contribution in [0.1, 0.15) is 19.3 Å². The van der Waals surface area contributed by atoms with Crippen molar-refractivity contribution in [2.45, 2.75) is 48.5 Å². The van der Waals surface area contributed by atoms with Crippen molar-refractivity contribution in [1.82, 2.24) is 24.8 Å². The van der Waals surface area contributed by atoms with E-state index in [0.717, 1.165) is 5.52 Å². The molecule has 2 aromatic rings. The summed E-state index contributed by atoms with van der Waals surface area (Å²) >= 11 is 3.65. The summed E-state index contributed by atoms with van der Waals surface area (Å²) in [5, 5.41) is 18.0. The van der Waals surface area contributed by atoms with E-state index in [1.165, 1.54) is 4.90 Å². The Hall–Kier alpha value is -3.09. The van der Waals surface area contributed by atoms with E-state index in [1.54, 1.807) is 21.7 Å². The molecular formula is C27H32BrN5O6. The molecule has 11 nitrogen and oxygen atoms in total. The Labute approximate surface area is 234 Å². The van der Waals surface area contributed by atoms with E-state index in [0.29, 0.717) is 18.4 Å². The highest BCUT2D eigenvalue weighted by Gasteiger charge is 2.77. The molecule has 3 aliphatic heterocycles. The van der Waals surface area contributed by atoms with Gasteiger partial charge in [-0.05, 0) is 31.4 Å². The molecule has 6 atom stereocenters. The standard InChI is InChI=1S/C27H32BrN5O6/c1-3-5-14-38-26(37)20-21-24(35)32(12-8-13-34)23(27(21)15-17(28)22(20)39-27)25(36)31(11-4-2)16-33-19-10-7-6-9-18(19)29-30-33/h3-4,6-7,9-10,17,20-23,34H,1-2,5,8,11-16H2/t17?,20-,21-,22-,23?,27?/m0/s1. The second kappa shape index (κ2) is 11.2. The van der Waals surface area contributed by atoms with Gasteiger partial charge < -0.3 is 24.4 Å². The first kappa shape index (κ1) is 27.5. The van der Waals surface area contributed by atoms with Crippen LogP contribution in [-0.2, 0) is 30.5 Å². The average molecular weight is 602 g/mol. The number of aliphatic hydroxyl groups excluding tert-OH is 1. The van der Waals surface area contributed by atoms with E-state index < -0.39 is 35.6 Å². The first-order valence-electron chi connectivity index (χ1n) is 13.1. The van der Waals surface area contributed by atoms with Gasteiger partial charge in [0.1, 0.15) is 23.8 Å². The number of likely N-dealkylation sites (tertiary alicyclic amines) is 1. The van der Waals surface area contributed by atoms with Crippen LogP contribution in [0.5, 0.6) is 0 Å². The van der Waals surface area contributed by atoms with Crippen LogP contribution in [0, 0.1) is 11.8 Å². The number of rotatable bonds is 12. The number of alkyl halides is 1. The van der Waals surface area contributed by atoms with Gasteiger partial charge in [-0.3, -0.25) is 14.4 Å². The van der Waals surface area contributed by atoms with Crippen molar-refractivity contribution in [2.24, 2.45) is 11.8 Å². The number of aliphatic hydroxyl groups is 1. The largest absolute Gasteiger partial charge is 0.465 e. The molecule has 4 heterocycles. The van der Waals surface area contributed by atoms with Gasteiger partial charge in [-0.15, -0.1) is 18.3 Å². The quantitative estimate of drug-likeness (QED) is 0.168. The molecule has 2 bridgehead atoms. The average Bonchev–Trinajstić information content (AvgIpc) is 3.64. The number of aromatic nitrogens is 3. The van der Waals surface area contributed by atoms with E-state index in [4.69, 9.17) is 9.47 Å². The SMILES string of the molecule is C=CCCOC(=O)[C@H]1[C@H]2C(=O)N(CCCO)C(C(=O)N(CC=C)Cn3nnc4ccccc43)C23CC(Br)[C@@H]1O3. The van der Waals surface area contributed by atoms with Gasteiger partial charge in [-0.25, -0.2) is 4.68 Å². The van der Waals surface area contributed by atoms with Gasteiger partial charge in [0.25, 0.3) is 0 Å². The lowest BCUT2D eigenvalue weighted by Crippen LogP contribution is -2.57. The molecule has 3 saturated heterocycles. The molecule has 39 heavy (non-hydrogen) atoms. The summed E-state index contributed by atoms with van der Waals surface area (Å²) in [6.45, 7) is 7.90. The second-order valence-electron chi connectivity index (χ2n) is 10.1. The third kappa shape index (κ3) is 4.57. The summed E-state index contributed by atoms with van der Waals surface area (Å²) in [6, 6.07) is 6.44. The number of carbonyl (C=O) groups excluding carboxylic acids is 3. The number of hydrogen-bond acceptors (Lipinski definition) is 8. The molecule has 3 aliphatic rings. The van der Waals surface area contributed by atoms with Crippen LogP contribution in [0.3, 0.4) is 0 Å². The minimum absolute atomic E-state index is 0.0822. The lowest BCUT2D eigenvalue weighted by molar-refractivity contribution is -0.155. The van der Waals surface area contributed by atoms with Crippen molar-refractivity contribution in [3.05, 3.63) is 49.6 Å². The molecule has 5 rings (SSSR count). The maximum Gasteiger partial charge on any atom is 0.312 e. The van der Waals surface area contributed by atoms with Crippen molar-refractivity contribution in [1.29, 1.82) is 0 Å². The normalized spacial score (nSPS) is 29.0. The lowest BCUT2D eigenvalue weighted by atomic mass is 9.70. The van der Waals surface area contributed by atoms with Gasteiger partial charge in [-0.1, -0.05) is 45.4 Å². The van der Waals surface area contributed by atoms with E-state index in [9.17, 15) is 19.5 Å². The minimum atomic E-state index is -1.21. The highest BCUT2D eigenvalue weighted by atomic mass is 79.9. The van der Waals surface area contributed by atoms with Gasteiger partial charge >= 0.3 is 5.97 Å². The Kier molecular flexibility index (Phi) is 7.88. The maximum atomic E-state index is 14.4. The number of ether oxygens (including phenoxy) is 2. The molecule has 2 amide bonds. The number of halogens is 1. The third-order valence-electron chi connectivity index (χ3n) is 7.80. The van der Waals surface area contributed by atoms with E-state index in [1.807, 2.05) is 24.3 Å². The van der Waals surface area contributed by atoms with Gasteiger partial charge in [0.15, 0.2) is 0 Å². The van der Waals surface area contributed by atoms with Crippen molar-refractivity contribution < 1.29 is 29.0 Å². The second-order valence-corrected chi connectivity index (χ2v) is 11.3. The Morgan fingerprint density at radius 2 is 2.10 bits per heavy atom. The zero-order chi connectivity index (χ0) is 27.7. The van der Waals surface area contributed by atoms with Crippen LogP contribution in [0.2, 0.25) is 0 Å². The van der Waals surface area contributed by atoms with E-state index in [-0.39, 0.29) is 56.0 Å². The highest BCUT2D eigenvalue weighted by Crippen LogP contribution is 2.60. The lowest BCUT2D eigenvalue weighted by Gasteiger charge is -2.37. The molecular weight excluding hydrogens is 570 g/mol. The first-order valence-corrected chi connectivity index (χ1v) is 14.0. The number of amides is 2. The molecule has 0 saturated carbocycles. The van der Waals surface area contributed by atoms with Crippen molar-refractivity contribution >= 4 is 44.7 Å². The Morgan fingerprint density at radius 1 is 1.31 bits per heavy atom. The predicted molar refractivity (Wildman–Crippen MR) is 144 cm³/mol. The monoisotopic (exact) mass is 601 g/mol. The molecule has 12 heteroatoms. The highest BCUT2D eigenvalue weighted by molar-refractivity contribution is 9.09. The summed E-state index contributed by atoms with van der Waals surface area (Å²) in [7, 11) is 0. The van der Waals surface area contributed by atoms with Crippen molar-refractivity contribution in [2.75, 3.05) is 26.3 Å². The number of esters is 1. The third-order valence-corrected chi connectivity index (χ3v) is 8.65. The van der Waals surface area contributed by atoms with Crippen LogP contribution in [0.25, 0.3) is 11.0 Å². The van der Waals surface area contributed by atoms with Gasteiger partial charge in [-0.2, -0.15) is 0 Å². The molecule has 0 radical (unpaired) electrons. The first-order chi connectivity index (χ1) is 18.9. The zero-order valence-corrected chi connectivity index (χ0v) is 23.1. The number of fused-ring (bicyclic) bond motifs is 2. The summed E-state index contributed by atoms with van der Waals surface area (Å²) in [6.07, 6.45) is 3.81. The maximum absolute atomic E-state index is 14.4.